The van der Waals surface area contributed by atoms with Crippen LogP contribution in [0.15, 0.2) is 42.5 Å². The van der Waals surface area contributed by atoms with Gasteiger partial charge in [0.15, 0.2) is 0 Å². The fourth-order valence-electron chi connectivity index (χ4n) is 2.41. The Balaban J connectivity index is 1.72. The zero-order valence-electron chi connectivity index (χ0n) is 10.8. The number of anilines is 1. The van der Waals surface area contributed by atoms with Gasteiger partial charge in [-0.05, 0) is 30.7 Å². The zero-order valence-corrected chi connectivity index (χ0v) is 11.6. The van der Waals surface area contributed by atoms with Crippen LogP contribution in [0.4, 0.5) is 5.69 Å². The van der Waals surface area contributed by atoms with Gasteiger partial charge in [-0.3, -0.25) is 0 Å². The summed E-state index contributed by atoms with van der Waals surface area (Å²) in [5, 5.41) is 4.19. The van der Waals surface area contributed by atoms with Crippen LogP contribution in [-0.2, 0) is 0 Å². The molecule has 1 N–H and O–H groups in total. The van der Waals surface area contributed by atoms with Crippen molar-refractivity contribution in [3.8, 4) is 5.75 Å². The van der Waals surface area contributed by atoms with E-state index in [-0.39, 0.29) is 0 Å². The molecule has 1 unspecified atom stereocenters. The standard InChI is InChI=1S/C16H16ClNO/c1-11-6-7-14(17)15(8-11)18-9-12-10-19-16-5-3-2-4-13(12)16/h2-8,12,18H,9-10H2,1H3. The van der Waals surface area contributed by atoms with E-state index in [1.165, 1.54) is 11.1 Å². The Hall–Kier alpha value is -1.67. The van der Waals surface area contributed by atoms with Gasteiger partial charge in [0.25, 0.3) is 0 Å². The lowest BCUT2D eigenvalue weighted by atomic mass is 10.0. The van der Waals surface area contributed by atoms with E-state index in [0.29, 0.717) is 5.92 Å². The van der Waals surface area contributed by atoms with E-state index in [1.807, 2.05) is 24.3 Å². The first-order valence-corrected chi connectivity index (χ1v) is 6.83. The summed E-state index contributed by atoms with van der Waals surface area (Å²) in [5.41, 5.74) is 3.47. The molecule has 19 heavy (non-hydrogen) atoms. The number of rotatable bonds is 3. The fourth-order valence-corrected chi connectivity index (χ4v) is 2.59. The minimum absolute atomic E-state index is 0.382. The smallest absolute Gasteiger partial charge is 0.122 e. The number of benzene rings is 2. The van der Waals surface area contributed by atoms with Crippen molar-refractivity contribution >= 4 is 17.3 Å². The summed E-state index contributed by atoms with van der Waals surface area (Å²) in [6.45, 7) is 3.63. The molecule has 0 aromatic heterocycles. The zero-order chi connectivity index (χ0) is 13.2. The third-order valence-corrected chi connectivity index (χ3v) is 3.79. The monoisotopic (exact) mass is 273 g/mol. The normalized spacial score (nSPS) is 16.8. The van der Waals surface area contributed by atoms with E-state index in [4.69, 9.17) is 16.3 Å². The lowest BCUT2D eigenvalue weighted by molar-refractivity contribution is 0.334. The van der Waals surface area contributed by atoms with Crippen LogP contribution < -0.4 is 10.1 Å². The minimum Gasteiger partial charge on any atom is -0.493 e. The van der Waals surface area contributed by atoms with Crippen LogP contribution in [0.5, 0.6) is 5.75 Å². The van der Waals surface area contributed by atoms with Gasteiger partial charge in [0, 0.05) is 18.0 Å². The highest BCUT2D eigenvalue weighted by molar-refractivity contribution is 6.33. The molecule has 98 valence electrons. The SMILES string of the molecule is Cc1ccc(Cl)c(NCC2COc3ccccc32)c1. The van der Waals surface area contributed by atoms with E-state index < -0.39 is 0 Å². The molecule has 0 aliphatic carbocycles. The molecule has 2 aromatic rings. The van der Waals surface area contributed by atoms with Gasteiger partial charge >= 0.3 is 0 Å². The third kappa shape index (κ3) is 2.54. The first-order valence-electron chi connectivity index (χ1n) is 6.46. The van der Waals surface area contributed by atoms with Gasteiger partial charge in [0.05, 0.1) is 17.3 Å². The summed E-state index contributed by atoms with van der Waals surface area (Å²) in [6, 6.07) is 14.2. The molecule has 1 atom stereocenters. The predicted molar refractivity (Wildman–Crippen MR) is 79.4 cm³/mol. The molecule has 0 bridgehead atoms. The summed E-state index contributed by atoms with van der Waals surface area (Å²) in [6.07, 6.45) is 0. The number of hydrogen-bond acceptors (Lipinski definition) is 2. The van der Waals surface area contributed by atoms with Crippen molar-refractivity contribution < 1.29 is 4.74 Å². The van der Waals surface area contributed by atoms with E-state index in [0.717, 1.165) is 29.6 Å². The van der Waals surface area contributed by atoms with E-state index >= 15 is 0 Å². The van der Waals surface area contributed by atoms with Gasteiger partial charge in [-0.15, -0.1) is 0 Å². The lowest BCUT2D eigenvalue weighted by Gasteiger charge is -2.13. The average Bonchev–Trinajstić information content (AvgIpc) is 2.83. The minimum atomic E-state index is 0.382. The fraction of sp³-hybridized carbons (Fsp3) is 0.250. The highest BCUT2D eigenvalue weighted by Crippen LogP contribution is 2.34. The molecule has 1 aliphatic heterocycles. The molecule has 0 spiro atoms. The Kier molecular flexibility index (Phi) is 3.34. The van der Waals surface area contributed by atoms with Gasteiger partial charge in [-0.2, -0.15) is 0 Å². The summed E-state index contributed by atoms with van der Waals surface area (Å²) in [5.74, 6) is 1.39. The summed E-state index contributed by atoms with van der Waals surface area (Å²) in [4.78, 5) is 0. The molecular formula is C16H16ClNO. The van der Waals surface area contributed by atoms with Crippen LogP contribution in [0.3, 0.4) is 0 Å². The van der Waals surface area contributed by atoms with Crippen molar-refractivity contribution in [1.82, 2.24) is 0 Å². The molecule has 0 radical (unpaired) electrons. The quantitative estimate of drug-likeness (QED) is 0.903. The van der Waals surface area contributed by atoms with Gasteiger partial charge in [-0.1, -0.05) is 35.9 Å². The Labute approximate surface area is 118 Å². The molecule has 3 heteroatoms. The van der Waals surface area contributed by atoms with E-state index in [1.54, 1.807) is 0 Å². The Morgan fingerprint density at radius 2 is 2.11 bits per heavy atom. The molecule has 2 aromatic carbocycles. The summed E-state index contributed by atoms with van der Waals surface area (Å²) < 4.78 is 5.68. The first kappa shape index (κ1) is 12.4. The first-order chi connectivity index (χ1) is 9.24. The van der Waals surface area contributed by atoms with Gasteiger partial charge < -0.3 is 10.1 Å². The number of aryl methyl sites for hydroxylation is 1. The number of para-hydroxylation sites is 1. The van der Waals surface area contributed by atoms with E-state index in [2.05, 4.69) is 30.4 Å². The third-order valence-electron chi connectivity index (χ3n) is 3.46. The molecule has 0 saturated carbocycles. The number of fused-ring (bicyclic) bond motifs is 1. The van der Waals surface area contributed by atoms with Crippen molar-refractivity contribution in [3.05, 3.63) is 58.6 Å². The Bertz CT molecular complexity index is 597. The highest BCUT2D eigenvalue weighted by atomic mass is 35.5. The number of ether oxygens (including phenoxy) is 1. The van der Waals surface area contributed by atoms with Crippen LogP contribution in [0.25, 0.3) is 0 Å². The van der Waals surface area contributed by atoms with Crippen molar-refractivity contribution in [2.75, 3.05) is 18.5 Å². The van der Waals surface area contributed by atoms with Crippen LogP contribution in [0.1, 0.15) is 17.0 Å². The maximum atomic E-state index is 6.19. The van der Waals surface area contributed by atoms with Gasteiger partial charge in [-0.25, -0.2) is 0 Å². The lowest BCUT2D eigenvalue weighted by Crippen LogP contribution is -2.14. The molecule has 0 fully saturated rings. The van der Waals surface area contributed by atoms with Crippen LogP contribution >= 0.6 is 11.6 Å². The highest BCUT2D eigenvalue weighted by Gasteiger charge is 2.23. The number of halogens is 1. The molecule has 0 saturated heterocycles. The van der Waals surface area contributed by atoms with Crippen molar-refractivity contribution in [2.45, 2.75) is 12.8 Å². The predicted octanol–water partition coefficient (Wildman–Crippen LogP) is 4.24. The molecular weight excluding hydrogens is 258 g/mol. The molecule has 1 heterocycles. The van der Waals surface area contributed by atoms with Gasteiger partial charge in [0.1, 0.15) is 5.75 Å². The Morgan fingerprint density at radius 1 is 1.26 bits per heavy atom. The second-order valence-electron chi connectivity index (χ2n) is 4.91. The number of nitrogens with one attached hydrogen (secondary N) is 1. The van der Waals surface area contributed by atoms with Gasteiger partial charge in [0.2, 0.25) is 0 Å². The topological polar surface area (TPSA) is 21.3 Å². The summed E-state index contributed by atoms with van der Waals surface area (Å²) >= 11 is 6.19. The van der Waals surface area contributed by atoms with Crippen molar-refractivity contribution in [2.24, 2.45) is 0 Å². The van der Waals surface area contributed by atoms with Crippen LogP contribution in [0.2, 0.25) is 5.02 Å². The molecule has 2 nitrogen and oxygen atoms in total. The number of hydrogen-bond donors (Lipinski definition) is 1. The molecule has 0 amide bonds. The molecule has 1 aliphatic rings. The Morgan fingerprint density at radius 3 is 3.00 bits per heavy atom. The average molecular weight is 274 g/mol. The maximum absolute atomic E-state index is 6.19. The summed E-state index contributed by atoms with van der Waals surface area (Å²) in [7, 11) is 0. The second-order valence-corrected chi connectivity index (χ2v) is 5.32. The second kappa shape index (κ2) is 5.14. The van der Waals surface area contributed by atoms with Crippen molar-refractivity contribution in [1.29, 1.82) is 0 Å². The largest absolute Gasteiger partial charge is 0.493 e. The van der Waals surface area contributed by atoms with Crippen LogP contribution in [-0.4, -0.2) is 13.2 Å². The molecule has 3 rings (SSSR count). The maximum Gasteiger partial charge on any atom is 0.122 e. The van der Waals surface area contributed by atoms with Crippen molar-refractivity contribution in [3.63, 3.8) is 0 Å². The van der Waals surface area contributed by atoms with E-state index in [9.17, 15) is 0 Å². The van der Waals surface area contributed by atoms with Crippen LogP contribution in [0, 0.1) is 6.92 Å².